The monoisotopic (exact) mass is 451 g/mol. The van der Waals surface area contributed by atoms with E-state index in [0.717, 1.165) is 5.56 Å². The number of halogens is 1. The first-order valence-electron chi connectivity index (χ1n) is 10.1. The molecule has 1 atom stereocenters. The van der Waals surface area contributed by atoms with E-state index in [4.69, 9.17) is 16.3 Å². The lowest BCUT2D eigenvalue weighted by atomic mass is 9.92. The van der Waals surface area contributed by atoms with Crippen LogP contribution in [-0.2, 0) is 11.3 Å². The summed E-state index contributed by atoms with van der Waals surface area (Å²) in [6.07, 6.45) is 5.88. The maximum Gasteiger partial charge on any atom is 0.290 e. The molecule has 0 radical (unpaired) electrons. The van der Waals surface area contributed by atoms with Gasteiger partial charge in [-0.15, -0.1) is 0 Å². The van der Waals surface area contributed by atoms with Crippen LogP contribution in [0.5, 0.6) is 5.75 Å². The van der Waals surface area contributed by atoms with E-state index in [0.29, 0.717) is 25.3 Å². The zero-order valence-corrected chi connectivity index (χ0v) is 18.2. The van der Waals surface area contributed by atoms with Gasteiger partial charge in [0.2, 0.25) is 0 Å². The first kappa shape index (κ1) is 21.6. The summed E-state index contributed by atoms with van der Waals surface area (Å²) >= 11 is 6.20. The van der Waals surface area contributed by atoms with Crippen LogP contribution >= 0.6 is 11.6 Å². The third-order valence-electron chi connectivity index (χ3n) is 5.45. The molecule has 1 aromatic heterocycles. The molecular formula is C24H22ClN3O4. The lowest BCUT2D eigenvalue weighted by Crippen LogP contribution is -2.32. The molecular weight excluding hydrogens is 430 g/mol. The van der Waals surface area contributed by atoms with Gasteiger partial charge in [-0.2, -0.15) is 0 Å². The number of nitrogens with zero attached hydrogens (tertiary/aromatic N) is 3. The van der Waals surface area contributed by atoms with Gasteiger partial charge in [0.05, 0.1) is 30.1 Å². The van der Waals surface area contributed by atoms with Gasteiger partial charge >= 0.3 is 0 Å². The Labute approximate surface area is 190 Å². The molecule has 2 aromatic carbocycles. The van der Waals surface area contributed by atoms with Gasteiger partial charge in [0, 0.05) is 31.0 Å². The highest BCUT2D eigenvalue weighted by molar-refractivity contribution is 6.32. The van der Waals surface area contributed by atoms with Crippen molar-refractivity contribution in [3.8, 4) is 5.75 Å². The molecule has 7 nitrogen and oxygen atoms in total. The second kappa shape index (κ2) is 9.28. The lowest BCUT2D eigenvalue weighted by molar-refractivity contribution is -0.129. The normalized spacial score (nSPS) is 16.0. The molecule has 32 heavy (non-hydrogen) atoms. The maximum absolute atomic E-state index is 13.4. The van der Waals surface area contributed by atoms with E-state index in [1.165, 1.54) is 13.2 Å². The number of carbonyl (C=O) groups excluding carboxylic acids is 2. The lowest BCUT2D eigenvalue weighted by Gasteiger charge is -2.27. The molecule has 1 N–H and O–H groups in total. The van der Waals surface area contributed by atoms with Crippen LogP contribution in [0.3, 0.4) is 0 Å². The summed E-state index contributed by atoms with van der Waals surface area (Å²) in [5, 5.41) is 11.0. The van der Waals surface area contributed by atoms with Crippen LogP contribution in [0, 0.1) is 0 Å². The quantitative estimate of drug-likeness (QED) is 0.518. The number of imidazole rings is 1. The predicted octanol–water partition coefficient (Wildman–Crippen LogP) is 4.21. The van der Waals surface area contributed by atoms with Gasteiger partial charge in [-0.3, -0.25) is 9.59 Å². The highest BCUT2D eigenvalue weighted by atomic mass is 35.5. The second-order valence-corrected chi connectivity index (χ2v) is 7.81. The molecule has 2 heterocycles. The number of ketones is 1. The summed E-state index contributed by atoms with van der Waals surface area (Å²) in [7, 11) is 1.49. The standard InChI is InChI=1S/C24H22ClN3O4/c1-32-19-9-8-17(14-18(19)25)22(29)20-21(16-6-3-2-4-7-16)28(24(31)23(20)30)12-5-11-27-13-10-26-15-27/h2-4,6-10,13-15,21,30H,5,11-12H2,1H3. The molecule has 1 aliphatic rings. The first-order chi connectivity index (χ1) is 15.5. The van der Waals surface area contributed by atoms with E-state index >= 15 is 0 Å². The number of aliphatic hydroxyl groups is 1. The smallest absolute Gasteiger partial charge is 0.290 e. The average molecular weight is 452 g/mol. The molecule has 164 valence electrons. The fraction of sp³-hybridized carbons (Fsp3) is 0.208. The van der Waals surface area contributed by atoms with Crippen molar-refractivity contribution < 1.29 is 19.4 Å². The molecule has 0 fully saturated rings. The minimum absolute atomic E-state index is 0.0464. The summed E-state index contributed by atoms with van der Waals surface area (Å²) in [6, 6.07) is 13.2. The van der Waals surface area contributed by atoms with Crippen LogP contribution in [0.15, 0.2) is 78.6 Å². The molecule has 1 unspecified atom stereocenters. The van der Waals surface area contributed by atoms with Crippen molar-refractivity contribution in [3.63, 3.8) is 0 Å². The Balaban J connectivity index is 1.66. The number of hydrogen-bond donors (Lipinski definition) is 1. The molecule has 1 amide bonds. The van der Waals surface area contributed by atoms with Crippen LogP contribution in [0.1, 0.15) is 28.4 Å². The molecule has 0 saturated carbocycles. The Morgan fingerprint density at radius 2 is 1.97 bits per heavy atom. The fourth-order valence-corrected chi connectivity index (χ4v) is 4.16. The van der Waals surface area contributed by atoms with Crippen molar-refractivity contribution in [2.75, 3.05) is 13.7 Å². The Kier molecular flexibility index (Phi) is 6.28. The van der Waals surface area contributed by atoms with Crippen molar-refractivity contribution in [3.05, 3.63) is 94.7 Å². The third kappa shape index (κ3) is 4.11. The molecule has 0 spiro atoms. The third-order valence-corrected chi connectivity index (χ3v) is 5.75. The Morgan fingerprint density at radius 1 is 1.19 bits per heavy atom. The summed E-state index contributed by atoms with van der Waals surface area (Å²) in [4.78, 5) is 32.0. The van der Waals surface area contributed by atoms with E-state index in [1.807, 2.05) is 41.1 Å². The van der Waals surface area contributed by atoms with Crippen molar-refractivity contribution in [2.24, 2.45) is 0 Å². The van der Waals surface area contributed by atoms with Gasteiger partial charge in [0.1, 0.15) is 5.75 Å². The number of ether oxygens (including phenoxy) is 1. The number of rotatable bonds is 8. The highest BCUT2D eigenvalue weighted by Crippen LogP contribution is 2.39. The molecule has 4 rings (SSSR count). The van der Waals surface area contributed by atoms with Crippen molar-refractivity contribution >= 4 is 23.3 Å². The molecule has 0 aliphatic carbocycles. The van der Waals surface area contributed by atoms with Gasteiger partial charge in [0.25, 0.3) is 5.91 Å². The largest absolute Gasteiger partial charge is 0.503 e. The number of carbonyl (C=O) groups is 2. The van der Waals surface area contributed by atoms with Gasteiger partial charge in [-0.05, 0) is 30.2 Å². The van der Waals surface area contributed by atoms with E-state index in [9.17, 15) is 14.7 Å². The number of amides is 1. The SMILES string of the molecule is COc1ccc(C(=O)C2=C(O)C(=O)N(CCCn3ccnc3)C2c2ccccc2)cc1Cl. The zero-order chi connectivity index (χ0) is 22.7. The van der Waals surface area contributed by atoms with Crippen LogP contribution in [0.2, 0.25) is 5.02 Å². The highest BCUT2D eigenvalue weighted by Gasteiger charge is 2.43. The minimum atomic E-state index is -0.695. The average Bonchev–Trinajstić information content (AvgIpc) is 3.41. The molecule has 8 heteroatoms. The van der Waals surface area contributed by atoms with Crippen LogP contribution < -0.4 is 4.74 Å². The van der Waals surface area contributed by atoms with E-state index in [2.05, 4.69) is 4.98 Å². The maximum atomic E-state index is 13.4. The predicted molar refractivity (Wildman–Crippen MR) is 120 cm³/mol. The number of hydrogen-bond acceptors (Lipinski definition) is 5. The number of aliphatic hydroxyl groups excluding tert-OH is 1. The second-order valence-electron chi connectivity index (χ2n) is 7.41. The van der Waals surface area contributed by atoms with E-state index in [1.54, 1.807) is 29.6 Å². The summed E-state index contributed by atoms with van der Waals surface area (Å²) < 4.78 is 7.07. The van der Waals surface area contributed by atoms with E-state index in [-0.39, 0.29) is 16.2 Å². The molecule has 0 bridgehead atoms. The zero-order valence-electron chi connectivity index (χ0n) is 17.4. The molecule has 1 aliphatic heterocycles. The summed E-state index contributed by atoms with van der Waals surface area (Å²) in [5.41, 5.74) is 1.06. The number of aryl methyl sites for hydroxylation is 1. The molecule has 0 saturated heterocycles. The molecule has 3 aromatic rings. The van der Waals surface area contributed by atoms with Crippen molar-refractivity contribution in [1.29, 1.82) is 0 Å². The van der Waals surface area contributed by atoms with E-state index < -0.39 is 23.5 Å². The topological polar surface area (TPSA) is 84.7 Å². The number of benzene rings is 2. The Hall–Kier alpha value is -3.58. The number of methoxy groups -OCH3 is 1. The van der Waals surface area contributed by atoms with Crippen LogP contribution in [0.25, 0.3) is 0 Å². The summed E-state index contributed by atoms with van der Waals surface area (Å²) in [5.74, 6) is -1.11. The van der Waals surface area contributed by atoms with Crippen LogP contribution in [0.4, 0.5) is 0 Å². The number of Topliss-reactive ketones (excluding diaryl/α,β-unsaturated/α-hetero) is 1. The van der Waals surface area contributed by atoms with Gasteiger partial charge in [-0.1, -0.05) is 41.9 Å². The van der Waals surface area contributed by atoms with Crippen LogP contribution in [-0.4, -0.2) is 44.9 Å². The van der Waals surface area contributed by atoms with Gasteiger partial charge in [0.15, 0.2) is 11.5 Å². The Morgan fingerprint density at radius 3 is 2.62 bits per heavy atom. The van der Waals surface area contributed by atoms with Gasteiger partial charge < -0.3 is 19.3 Å². The van der Waals surface area contributed by atoms with Crippen molar-refractivity contribution in [2.45, 2.75) is 19.0 Å². The minimum Gasteiger partial charge on any atom is -0.503 e. The van der Waals surface area contributed by atoms with Gasteiger partial charge in [-0.25, -0.2) is 4.98 Å². The fourth-order valence-electron chi connectivity index (χ4n) is 3.90. The summed E-state index contributed by atoms with van der Waals surface area (Å²) in [6.45, 7) is 1.02. The Bertz CT molecular complexity index is 1160. The van der Waals surface area contributed by atoms with Crippen molar-refractivity contribution in [1.82, 2.24) is 14.5 Å². The first-order valence-corrected chi connectivity index (χ1v) is 10.5. The number of aromatic nitrogens is 2.